The van der Waals surface area contributed by atoms with Gasteiger partial charge in [-0.25, -0.2) is 0 Å². The van der Waals surface area contributed by atoms with Gasteiger partial charge < -0.3 is 15.4 Å². The lowest BCUT2D eigenvalue weighted by molar-refractivity contribution is -0.125. The maximum atomic E-state index is 12.2. The van der Waals surface area contributed by atoms with Crippen molar-refractivity contribution in [3.8, 4) is 0 Å². The number of nitrogens with zero attached hydrogens (tertiary/aromatic N) is 1. The molecule has 0 spiro atoms. The second-order valence-corrected chi connectivity index (χ2v) is 6.01. The summed E-state index contributed by atoms with van der Waals surface area (Å²) in [4.78, 5) is 14.7. The molecule has 2 fully saturated rings. The molecule has 0 radical (unpaired) electrons. The Balaban J connectivity index is 0.00000220. The maximum Gasteiger partial charge on any atom is 0.221 e. The molecule has 1 amide bonds. The highest BCUT2D eigenvalue weighted by molar-refractivity contribution is 5.85. The van der Waals surface area contributed by atoms with Gasteiger partial charge in [0, 0.05) is 31.6 Å². The molecule has 1 aliphatic carbocycles. The third-order valence-electron chi connectivity index (χ3n) is 4.63. The fourth-order valence-electron chi connectivity index (χ4n) is 3.53. The van der Waals surface area contributed by atoms with E-state index in [1.54, 1.807) is 0 Å². The number of hydrogen-bond acceptors (Lipinski definition) is 4. The minimum atomic E-state index is 0. The Morgan fingerprint density at radius 3 is 2.36 bits per heavy atom. The quantitative estimate of drug-likeness (QED) is 0.681. The molecule has 1 saturated heterocycles. The molecule has 132 valence electrons. The van der Waals surface area contributed by atoms with Crippen LogP contribution in [-0.2, 0) is 9.53 Å². The van der Waals surface area contributed by atoms with Crippen molar-refractivity contribution < 1.29 is 9.53 Å². The molecule has 22 heavy (non-hydrogen) atoms. The maximum absolute atomic E-state index is 12.2. The van der Waals surface area contributed by atoms with Crippen LogP contribution in [-0.4, -0.2) is 62.8 Å². The number of carbonyl (C=O) groups excluding carboxylic acids is 1. The van der Waals surface area contributed by atoms with E-state index >= 15 is 0 Å². The lowest BCUT2D eigenvalue weighted by Gasteiger charge is -2.43. The molecule has 1 heterocycles. The molecule has 0 aromatic heterocycles. The lowest BCUT2D eigenvalue weighted by Crippen LogP contribution is -2.54. The fraction of sp³-hybridized carbons (Fsp3) is 0.933. The Kier molecular flexibility index (Phi) is 11.4. The zero-order valence-corrected chi connectivity index (χ0v) is 15.2. The minimum Gasteiger partial charge on any atom is -0.379 e. The minimum absolute atomic E-state index is 0. The van der Waals surface area contributed by atoms with E-state index in [-0.39, 0.29) is 36.3 Å². The van der Waals surface area contributed by atoms with E-state index in [0.29, 0.717) is 6.42 Å². The Hall–Kier alpha value is -0.0700. The van der Waals surface area contributed by atoms with Gasteiger partial charge in [-0.1, -0.05) is 12.8 Å². The fourth-order valence-corrected chi connectivity index (χ4v) is 3.53. The van der Waals surface area contributed by atoms with Crippen molar-refractivity contribution in [2.75, 3.05) is 46.4 Å². The van der Waals surface area contributed by atoms with Gasteiger partial charge in [-0.3, -0.25) is 9.69 Å². The van der Waals surface area contributed by atoms with Gasteiger partial charge in [0.1, 0.15) is 0 Å². The first-order valence-electron chi connectivity index (χ1n) is 8.01. The summed E-state index contributed by atoms with van der Waals surface area (Å²) in [6.45, 7) is 5.31. The third kappa shape index (κ3) is 6.20. The van der Waals surface area contributed by atoms with E-state index in [4.69, 9.17) is 4.74 Å². The van der Waals surface area contributed by atoms with Crippen LogP contribution in [0.5, 0.6) is 0 Å². The summed E-state index contributed by atoms with van der Waals surface area (Å²) >= 11 is 0. The Morgan fingerprint density at radius 2 is 1.77 bits per heavy atom. The summed E-state index contributed by atoms with van der Waals surface area (Å²) in [6, 6.07) is 0. The van der Waals surface area contributed by atoms with Crippen molar-refractivity contribution >= 4 is 30.7 Å². The van der Waals surface area contributed by atoms with Crippen LogP contribution in [0.4, 0.5) is 0 Å². The number of halogens is 2. The van der Waals surface area contributed by atoms with Gasteiger partial charge >= 0.3 is 0 Å². The van der Waals surface area contributed by atoms with Crippen molar-refractivity contribution in [2.45, 2.75) is 44.1 Å². The largest absolute Gasteiger partial charge is 0.379 e. The molecular weight excluding hydrogens is 325 g/mol. The van der Waals surface area contributed by atoms with Gasteiger partial charge in [0.05, 0.1) is 13.2 Å². The van der Waals surface area contributed by atoms with Crippen LogP contribution in [0.15, 0.2) is 0 Å². The predicted octanol–water partition coefficient (Wildman–Crippen LogP) is 1.59. The summed E-state index contributed by atoms with van der Waals surface area (Å²) in [6.07, 6.45) is 6.49. The molecule has 0 aromatic carbocycles. The second-order valence-electron chi connectivity index (χ2n) is 6.01. The summed E-state index contributed by atoms with van der Waals surface area (Å²) < 4.78 is 5.45. The first-order chi connectivity index (χ1) is 9.77. The van der Waals surface area contributed by atoms with E-state index in [0.717, 1.165) is 58.7 Å². The highest BCUT2D eigenvalue weighted by Crippen LogP contribution is 2.38. The zero-order valence-electron chi connectivity index (χ0n) is 13.6. The molecule has 1 saturated carbocycles. The van der Waals surface area contributed by atoms with Crippen molar-refractivity contribution in [3.05, 3.63) is 0 Å². The van der Waals surface area contributed by atoms with Crippen molar-refractivity contribution in [1.29, 1.82) is 0 Å². The van der Waals surface area contributed by atoms with Gasteiger partial charge in [-0.15, -0.1) is 24.8 Å². The highest BCUT2D eigenvalue weighted by atomic mass is 35.5. The van der Waals surface area contributed by atoms with Crippen molar-refractivity contribution in [3.63, 3.8) is 0 Å². The summed E-state index contributed by atoms with van der Waals surface area (Å²) in [7, 11) is 1.94. The molecular formula is C15H31Cl2N3O2. The van der Waals surface area contributed by atoms with Crippen molar-refractivity contribution in [1.82, 2.24) is 15.5 Å². The van der Waals surface area contributed by atoms with Crippen LogP contribution in [0.3, 0.4) is 0 Å². The molecule has 7 heteroatoms. The molecule has 0 bridgehead atoms. The Morgan fingerprint density at radius 1 is 1.14 bits per heavy atom. The molecule has 0 atom stereocenters. The normalized spacial score (nSPS) is 20.8. The predicted molar refractivity (Wildman–Crippen MR) is 94.3 cm³/mol. The number of nitrogens with one attached hydrogen (secondary N) is 2. The number of carbonyl (C=O) groups is 1. The topological polar surface area (TPSA) is 53.6 Å². The van der Waals surface area contributed by atoms with Crippen LogP contribution in [0.25, 0.3) is 0 Å². The molecule has 5 nitrogen and oxygen atoms in total. The monoisotopic (exact) mass is 355 g/mol. The van der Waals surface area contributed by atoms with E-state index in [2.05, 4.69) is 15.5 Å². The average Bonchev–Trinajstić information content (AvgIpc) is 2.94. The van der Waals surface area contributed by atoms with Crippen LogP contribution in [0, 0.1) is 0 Å². The van der Waals surface area contributed by atoms with Gasteiger partial charge in [0.2, 0.25) is 5.91 Å². The Labute approximate surface area is 146 Å². The first-order valence-corrected chi connectivity index (χ1v) is 8.01. The third-order valence-corrected chi connectivity index (χ3v) is 4.63. The van der Waals surface area contributed by atoms with E-state index in [1.165, 1.54) is 12.8 Å². The smallest absolute Gasteiger partial charge is 0.221 e. The first kappa shape index (κ1) is 21.9. The summed E-state index contributed by atoms with van der Waals surface area (Å²) in [5.74, 6) is 0.217. The Bertz CT molecular complexity index is 307. The van der Waals surface area contributed by atoms with Crippen LogP contribution >= 0.6 is 24.8 Å². The number of morpholine rings is 1. The van der Waals surface area contributed by atoms with Crippen molar-refractivity contribution in [2.24, 2.45) is 0 Å². The van der Waals surface area contributed by atoms with Gasteiger partial charge in [0.25, 0.3) is 0 Å². The molecule has 0 aromatic rings. The zero-order chi connectivity index (χ0) is 14.3. The molecule has 0 unspecified atom stereocenters. The van der Waals surface area contributed by atoms with E-state index in [9.17, 15) is 4.79 Å². The average molecular weight is 356 g/mol. The van der Waals surface area contributed by atoms with Crippen LogP contribution in [0.2, 0.25) is 0 Å². The lowest BCUT2D eigenvalue weighted by atomic mass is 9.90. The number of amides is 1. The van der Waals surface area contributed by atoms with Crippen LogP contribution in [0.1, 0.15) is 38.5 Å². The van der Waals surface area contributed by atoms with Gasteiger partial charge in [-0.05, 0) is 32.9 Å². The molecule has 2 N–H and O–H groups in total. The van der Waals surface area contributed by atoms with Gasteiger partial charge in [-0.2, -0.15) is 0 Å². The molecule has 1 aliphatic heterocycles. The molecule has 2 aliphatic rings. The summed E-state index contributed by atoms with van der Waals surface area (Å²) in [5.41, 5.74) is 0.108. The van der Waals surface area contributed by atoms with E-state index < -0.39 is 0 Å². The van der Waals surface area contributed by atoms with Crippen LogP contribution < -0.4 is 10.6 Å². The number of rotatable bonds is 7. The summed E-state index contributed by atoms with van der Waals surface area (Å²) in [5, 5.41) is 6.17. The number of hydrogen-bond donors (Lipinski definition) is 2. The van der Waals surface area contributed by atoms with E-state index in [1.807, 2.05) is 7.05 Å². The SMILES string of the molecule is CNCCCNC(=O)CC1(N2CCOCC2)CCCC1.Cl.Cl. The van der Waals surface area contributed by atoms with Gasteiger partial charge in [0.15, 0.2) is 0 Å². The molecule has 2 rings (SSSR count). The second kappa shape index (κ2) is 11.5. The number of ether oxygens (including phenoxy) is 1. The highest BCUT2D eigenvalue weighted by Gasteiger charge is 2.41. The standard InChI is InChI=1S/C15H29N3O2.2ClH/c1-16-7-4-8-17-14(19)13-15(5-2-3-6-15)18-9-11-20-12-10-18;;/h16H,2-13H2,1H3,(H,17,19);2*1H.